The van der Waals surface area contributed by atoms with Crippen LogP contribution < -0.4 is 16.8 Å². The number of hydrogen-bond acceptors (Lipinski definition) is 4. The Morgan fingerprint density at radius 2 is 2.05 bits per heavy atom. The first-order valence-corrected chi connectivity index (χ1v) is 7.18. The maximum absolute atomic E-state index is 12.3. The highest BCUT2D eigenvalue weighted by Crippen LogP contribution is 2.22. The number of nitrogens with one attached hydrogen (secondary N) is 1. The fourth-order valence-electron chi connectivity index (χ4n) is 2.29. The van der Waals surface area contributed by atoms with E-state index in [2.05, 4.69) is 5.10 Å². The minimum absolute atomic E-state index is 0.00172. The average Bonchev–Trinajstić information content (AvgIpc) is 2.51. The van der Waals surface area contributed by atoms with Crippen LogP contribution in [0.1, 0.15) is 34.8 Å². The highest BCUT2D eigenvalue weighted by molar-refractivity contribution is 5.94. The van der Waals surface area contributed by atoms with Crippen molar-refractivity contribution in [3.63, 3.8) is 0 Å². The lowest BCUT2D eigenvalue weighted by Crippen LogP contribution is -2.37. The van der Waals surface area contributed by atoms with Crippen LogP contribution in [0, 0.1) is 13.8 Å². The molecule has 1 heterocycles. The molecule has 1 amide bonds. The second-order valence-electron chi connectivity index (χ2n) is 5.26. The van der Waals surface area contributed by atoms with Gasteiger partial charge in [-0.1, -0.05) is 24.6 Å². The maximum Gasteiger partial charge on any atom is 0.279 e. The first-order valence-electron chi connectivity index (χ1n) is 7.18. The van der Waals surface area contributed by atoms with Gasteiger partial charge >= 0.3 is 0 Å². The molecule has 22 heavy (non-hydrogen) atoms. The van der Waals surface area contributed by atoms with Crippen LogP contribution in [0.4, 0.5) is 0 Å². The predicted molar refractivity (Wildman–Crippen MR) is 85.4 cm³/mol. The molecule has 0 spiro atoms. The van der Waals surface area contributed by atoms with Crippen molar-refractivity contribution < 1.29 is 4.79 Å². The molecule has 0 aliphatic heterocycles. The van der Waals surface area contributed by atoms with Gasteiger partial charge in [-0.25, -0.2) is 10.5 Å². The number of hydrazine groups is 1. The monoisotopic (exact) mass is 300 g/mol. The summed E-state index contributed by atoms with van der Waals surface area (Å²) in [5.41, 5.74) is 5.19. The van der Waals surface area contributed by atoms with Crippen molar-refractivity contribution in [3.8, 4) is 11.3 Å². The van der Waals surface area contributed by atoms with Gasteiger partial charge in [-0.05, 0) is 38.0 Å². The quantitative estimate of drug-likeness (QED) is 0.509. The number of rotatable bonds is 4. The summed E-state index contributed by atoms with van der Waals surface area (Å²) >= 11 is 0. The molecule has 0 radical (unpaired) electrons. The Labute approximate surface area is 128 Å². The van der Waals surface area contributed by atoms with E-state index in [1.807, 2.05) is 44.4 Å². The molecule has 0 fully saturated rings. The third kappa shape index (κ3) is 3.07. The summed E-state index contributed by atoms with van der Waals surface area (Å²) in [6, 6.07) is 7.49. The molecule has 0 aliphatic carbocycles. The molecular weight excluding hydrogens is 280 g/mol. The van der Waals surface area contributed by atoms with Crippen LogP contribution in [-0.4, -0.2) is 15.7 Å². The maximum atomic E-state index is 12.3. The van der Waals surface area contributed by atoms with Crippen molar-refractivity contribution in [2.24, 2.45) is 5.84 Å². The molecular formula is C16H20N4O2. The molecule has 0 saturated carbocycles. The number of aryl methyl sites for hydroxylation is 3. The zero-order valence-electron chi connectivity index (χ0n) is 13.0. The average molecular weight is 300 g/mol. The van der Waals surface area contributed by atoms with Crippen LogP contribution in [-0.2, 0) is 6.54 Å². The van der Waals surface area contributed by atoms with Crippen LogP contribution in [0.15, 0.2) is 29.1 Å². The SMILES string of the molecule is CCCn1nc(-c2cc(C)ccc2C)cc(C(=O)NN)c1=O. The van der Waals surface area contributed by atoms with Crippen molar-refractivity contribution in [1.29, 1.82) is 0 Å². The molecule has 6 heteroatoms. The molecule has 2 aromatic rings. The van der Waals surface area contributed by atoms with E-state index in [4.69, 9.17) is 5.84 Å². The Morgan fingerprint density at radius 1 is 1.32 bits per heavy atom. The molecule has 0 atom stereocenters. The van der Waals surface area contributed by atoms with E-state index in [0.29, 0.717) is 12.2 Å². The number of benzene rings is 1. The van der Waals surface area contributed by atoms with Crippen molar-refractivity contribution in [3.05, 3.63) is 51.3 Å². The third-order valence-corrected chi connectivity index (χ3v) is 3.45. The molecule has 0 bridgehead atoms. The second-order valence-corrected chi connectivity index (χ2v) is 5.26. The summed E-state index contributed by atoms with van der Waals surface area (Å²) < 4.78 is 1.32. The number of carbonyl (C=O) groups is 1. The van der Waals surface area contributed by atoms with Gasteiger partial charge in [-0.15, -0.1) is 0 Å². The van der Waals surface area contributed by atoms with Crippen LogP contribution in [0.2, 0.25) is 0 Å². The van der Waals surface area contributed by atoms with E-state index < -0.39 is 11.5 Å². The van der Waals surface area contributed by atoms with Crippen LogP contribution in [0.25, 0.3) is 11.3 Å². The van der Waals surface area contributed by atoms with E-state index in [-0.39, 0.29) is 5.56 Å². The molecule has 1 aromatic heterocycles. The molecule has 6 nitrogen and oxygen atoms in total. The molecule has 3 N–H and O–H groups in total. The lowest BCUT2D eigenvalue weighted by Gasteiger charge is -2.11. The fourth-order valence-corrected chi connectivity index (χ4v) is 2.29. The largest absolute Gasteiger partial charge is 0.290 e. The first-order chi connectivity index (χ1) is 10.5. The molecule has 2 rings (SSSR count). The van der Waals surface area contributed by atoms with Crippen molar-refractivity contribution in [2.75, 3.05) is 0 Å². The van der Waals surface area contributed by atoms with E-state index in [1.54, 1.807) is 0 Å². The van der Waals surface area contributed by atoms with Gasteiger partial charge in [0.15, 0.2) is 0 Å². The Morgan fingerprint density at radius 3 is 2.68 bits per heavy atom. The van der Waals surface area contributed by atoms with Crippen molar-refractivity contribution in [2.45, 2.75) is 33.7 Å². The summed E-state index contributed by atoms with van der Waals surface area (Å²) in [5, 5.41) is 4.39. The molecule has 0 unspecified atom stereocenters. The lowest BCUT2D eigenvalue weighted by molar-refractivity contribution is 0.0951. The Balaban J connectivity index is 2.70. The molecule has 1 aromatic carbocycles. The highest BCUT2D eigenvalue weighted by atomic mass is 16.2. The van der Waals surface area contributed by atoms with Gasteiger partial charge in [0.2, 0.25) is 0 Å². The van der Waals surface area contributed by atoms with Gasteiger partial charge < -0.3 is 0 Å². The zero-order valence-corrected chi connectivity index (χ0v) is 13.0. The Hall–Kier alpha value is -2.47. The summed E-state index contributed by atoms with van der Waals surface area (Å²) in [6.07, 6.45) is 0.743. The summed E-state index contributed by atoms with van der Waals surface area (Å²) in [7, 11) is 0. The van der Waals surface area contributed by atoms with Crippen LogP contribution in [0.3, 0.4) is 0 Å². The second kappa shape index (κ2) is 6.53. The van der Waals surface area contributed by atoms with Crippen molar-refractivity contribution >= 4 is 5.91 Å². The third-order valence-electron chi connectivity index (χ3n) is 3.45. The number of nitrogen functional groups attached to an aromatic ring is 1. The van der Waals surface area contributed by atoms with Crippen molar-refractivity contribution in [1.82, 2.24) is 15.2 Å². The minimum Gasteiger partial charge on any atom is -0.290 e. The van der Waals surface area contributed by atoms with Crippen LogP contribution in [0.5, 0.6) is 0 Å². The summed E-state index contributed by atoms with van der Waals surface area (Å²) in [5.74, 6) is 4.56. The number of aromatic nitrogens is 2. The number of nitrogens with zero attached hydrogens (tertiary/aromatic N) is 2. The fraction of sp³-hybridized carbons (Fsp3) is 0.312. The molecule has 0 aliphatic rings. The van der Waals surface area contributed by atoms with Gasteiger partial charge in [0.1, 0.15) is 5.56 Å². The molecule has 116 valence electrons. The van der Waals surface area contributed by atoms with Gasteiger partial charge in [0.25, 0.3) is 11.5 Å². The van der Waals surface area contributed by atoms with Crippen LogP contribution >= 0.6 is 0 Å². The van der Waals surface area contributed by atoms with E-state index in [9.17, 15) is 9.59 Å². The number of amides is 1. The van der Waals surface area contributed by atoms with E-state index >= 15 is 0 Å². The van der Waals surface area contributed by atoms with Gasteiger partial charge in [-0.2, -0.15) is 5.10 Å². The summed E-state index contributed by atoms with van der Waals surface area (Å²) in [6.45, 7) is 6.34. The van der Waals surface area contributed by atoms with Gasteiger partial charge in [-0.3, -0.25) is 15.0 Å². The Bertz CT molecular complexity index is 765. The van der Waals surface area contributed by atoms with E-state index in [0.717, 1.165) is 23.1 Å². The van der Waals surface area contributed by atoms with Gasteiger partial charge in [0, 0.05) is 12.1 Å². The smallest absolute Gasteiger partial charge is 0.279 e. The zero-order chi connectivity index (χ0) is 16.3. The number of hydrogen-bond donors (Lipinski definition) is 2. The Kier molecular flexibility index (Phi) is 4.72. The molecule has 0 saturated heterocycles. The minimum atomic E-state index is -0.608. The summed E-state index contributed by atoms with van der Waals surface area (Å²) in [4.78, 5) is 24.1. The number of nitrogens with two attached hydrogens (primary N) is 1. The normalized spacial score (nSPS) is 10.5. The lowest BCUT2D eigenvalue weighted by atomic mass is 10.0. The van der Waals surface area contributed by atoms with E-state index in [1.165, 1.54) is 10.7 Å². The first kappa shape index (κ1) is 15.9. The predicted octanol–water partition coefficient (Wildman–Crippen LogP) is 1.54. The van der Waals surface area contributed by atoms with Gasteiger partial charge in [0.05, 0.1) is 5.69 Å². The number of carbonyl (C=O) groups excluding carboxylic acids is 1. The standard InChI is InChI=1S/C16H20N4O2/c1-4-7-20-16(22)13(15(21)18-17)9-14(19-20)12-8-10(2)5-6-11(12)3/h5-6,8-9H,4,7,17H2,1-3H3,(H,18,21). The topological polar surface area (TPSA) is 90.0 Å². The highest BCUT2D eigenvalue weighted by Gasteiger charge is 2.16.